The van der Waals surface area contributed by atoms with Crippen LogP contribution in [0.1, 0.15) is 79.1 Å². The highest BCUT2D eigenvalue weighted by Crippen LogP contribution is 2.70. The molecule has 9 fully saturated rings. The first-order chi connectivity index (χ1) is 30.8. The van der Waals surface area contributed by atoms with Crippen molar-refractivity contribution >= 4 is 5.78 Å². The van der Waals surface area contributed by atoms with Crippen molar-refractivity contribution < 1.29 is 98.9 Å². The number of aliphatic hydroxyl groups is 11. The van der Waals surface area contributed by atoms with Crippen molar-refractivity contribution in [3.63, 3.8) is 0 Å². The van der Waals surface area contributed by atoms with Crippen molar-refractivity contribution in [1.82, 2.24) is 0 Å². The van der Waals surface area contributed by atoms with Crippen molar-refractivity contribution in [3.05, 3.63) is 0 Å². The second-order valence-electron chi connectivity index (χ2n) is 21.5. The Labute approximate surface area is 378 Å². The summed E-state index contributed by atoms with van der Waals surface area (Å²) in [6.45, 7) is 7.03. The molecule has 1 spiro atoms. The van der Waals surface area contributed by atoms with Gasteiger partial charge in [0.15, 0.2) is 24.7 Å². The Hall–Kier alpha value is -1.09. The fourth-order valence-electron chi connectivity index (χ4n) is 14.4. The summed E-state index contributed by atoms with van der Waals surface area (Å²) in [7, 11) is 0. The van der Waals surface area contributed by atoms with E-state index in [2.05, 4.69) is 27.7 Å². The first-order valence-electron chi connectivity index (χ1n) is 23.9. The molecule has 0 amide bonds. The molecule has 11 N–H and O–H groups in total. The van der Waals surface area contributed by atoms with Crippen LogP contribution in [0.2, 0.25) is 0 Å². The van der Waals surface area contributed by atoms with Crippen molar-refractivity contribution in [3.8, 4) is 0 Å². The van der Waals surface area contributed by atoms with Gasteiger partial charge in [0.1, 0.15) is 79.0 Å². The van der Waals surface area contributed by atoms with Crippen LogP contribution in [0.25, 0.3) is 0 Å². The van der Waals surface area contributed by atoms with Gasteiger partial charge in [0.05, 0.1) is 44.7 Å². The summed E-state index contributed by atoms with van der Waals surface area (Å²) in [5, 5.41) is 118. The van der Waals surface area contributed by atoms with E-state index in [0.29, 0.717) is 31.8 Å². The summed E-state index contributed by atoms with van der Waals surface area (Å²) in [4.78, 5) is 14.6. The van der Waals surface area contributed by atoms with E-state index in [4.69, 9.17) is 37.9 Å². The van der Waals surface area contributed by atoms with Gasteiger partial charge in [-0.1, -0.05) is 27.7 Å². The molecule has 0 bridgehead atoms. The Morgan fingerprint density at radius 3 is 1.92 bits per heavy atom. The molecule has 20 heteroatoms. The monoisotopic (exact) mass is 932 g/mol. The largest absolute Gasteiger partial charge is 0.394 e. The van der Waals surface area contributed by atoms with E-state index in [9.17, 15) is 61.0 Å². The number of carbonyl (C=O) groups excluding carboxylic acids is 1. The van der Waals surface area contributed by atoms with E-state index in [1.54, 1.807) is 0 Å². The molecule has 65 heavy (non-hydrogen) atoms. The van der Waals surface area contributed by atoms with E-state index in [-0.39, 0.29) is 52.8 Å². The molecule has 5 saturated heterocycles. The smallest absolute Gasteiger partial charge is 0.187 e. The second kappa shape index (κ2) is 18.3. The van der Waals surface area contributed by atoms with E-state index < -0.39 is 135 Å². The molecular weight excluding hydrogens is 860 g/mol. The molecule has 4 aliphatic carbocycles. The molecule has 9 rings (SSSR count). The van der Waals surface area contributed by atoms with Crippen LogP contribution < -0.4 is 0 Å². The van der Waals surface area contributed by atoms with Crippen molar-refractivity contribution in [2.45, 2.75) is 195 Å². The predicted octanol–water partition coefficient (Wildman–Crippen LogP) is -2.58. The van der Waals surface area contributed by atoms with Crippen LogP contribution in [0.5, 0.6) is 0 Å². The summed E-state index contributed by atoms with van der Waals surface area (Å²) >= 11 is 0. The van der Waals surface area contributed by atoms with Crippen LogP contribution in [-0.2, 0) is 42.7 Å². The van der Waals surface area contributed by atoms with Gasteiger partial charge in [-0.15, -0.1) is 0 Å². The van der Waals surface area contributed by atoms with E-state index in [0.717, 1.165) is 32.1 Å². The number of carbonyl (C=O) groups is 1. The number of hydrogen-bond donors (Lipinski definition) is 11. The molecule has 28 unspecified atom stereocenters. The fourth-order valence-corrected chi connectivity index (χ4v) is 14.4. The highest BCUT2D eigenvalue weighted by atomic mass is 16.8. The maximum absolute atomic E-state index is 14.6. The van der Waals surface area contributed by atoms with Crippen LogP contribution in [0.4, 0.5) is 0 Å². The van der Waals surface area contributed by atoms with Crippen molar-refractivity contribution in [2.24, 2.45) is 52.3 Å². The quantitative estimate of drug-likeness (QED) is 0.106. The zero-order valence-corrected chi connectivity index (χ0v) is 37.5. The first-order valence-corrected chi connectivity index (χ1v) is 23.9. The summed E-state index contributed by atoms with van der Waals surface area (Å²) in [5.74, 6) is 0.842. The third-order valence-electron chi connectivity index (χ3n) is 18.2. The van der Waals surface area contributed by atoms with Crippen LogP contribution in [-0.4, -0.2) is 205 Å². The average molecular weight is 933 g/mol. The number of aliphatic hydroxyl groups excluding tert-OH is 11. The Morgan fingerprint density at radius 2 is 1.26 bits per heavy atom. The zero-order chi connectivity index (χ0) is 46.7. The zero-order valence-electron chi connectivity index (χ0n) is 37.5. The Kier molecular flexibility index (Phi) is 13.7. The molecule has 20 nitrogen and oxygen atoms in total. The van der Waals surface area contributed by atoms with Gasteiger partial charge >= 0.3 is 0 Å². The van der Waals surface area contributed by atoms with Gasteiger partial charge in [0.25, 0.3) is 0 Å². The molecule has 28 atom stereocenters. The van der Waals surface area contributed by atoms with Gasteiger partial charge in [-0.25, -0.2) is 0 Å². The van der Waals surface area contributed by atoms with Crippen LogP contribution in [0, 0.1) is 52.3 Å². The minimum absolute atomic E-state index is 0.0419. The molecule has 372 valence electrons. The lowest BCUT2D eigenvalue weighted by Gasteiger charge is -2.61. The normalized spacial score (nSPS) is 58.0. The van der Waals surface area contributed by atoms with Gasteiger partial charge in [0.2, 0.25) is 0 Å². The summed E-state index contributed by atoms with van der Waals surface area (Å²) in [5.41, 5.74) is -0.906. The summed E-state index contributed by atoms with van der Waals surface area (Å²) < 4.78 is 48.4. The Bertz CT molecular complexity index is 1680. The SMILES string of the molecule is CC1CCC2(OC1)OC1CC3C4CCC5CC(OC6OC(CO)C(OC7OC(CO)C(O)C(O)C7OC7OC(CO)C(O)C(O)C7O)C(O)C6O)C(O)CC5(C)C4CC(=O)C3(C)C1C2C. The lowest BCUT2D eigenvalue weighted by molar-refractivity contribution is -0.391. The Balaban J connectivity index is 0.859. The Morgan fingerprint density at radius 1 is 0.662 bits per heavy atom. The topological polar surface area (TPSA) is 313 Å². The average Bonchev–Trinajstić information content (AvgIpc) is 3.73. The molecule has 4 saturated carbocycles. The molecule has 0 aromatic carbocycles. The number of ketones is 1. The fraction of sp³-hybridized carbons (Fsp3) is 0.978. The molecule has 0 radical (unpaired) electrons. The third kappa shape index (κ3) is 7.90. The van der Waals surface area contributed by atoms with Crippen LogP contribution in [0.3, 0.4) is 0 Å². The first kappa shape index (κ1) is 48.9. The highest BCUT2D eigenvalue weighted by molar-refractivity contribution is 5.87. The second-order valence-corrected chi connectivity index (χ2v) is 21.5. The lowest BCUT2D eigenvalue weighted by atomic mass is 9.43. The number of hydrogen-bond acceptors (Lipinski definition) is 20. The standard InChI is InChI=1S/C45H72O20/c1-17-7-8-45(58-16-17)18(2)30-25(65-45)10-22-20-6-5-19-9-24(23(49)12-43(19,3)21(20)11-29(50)44(22,30)4)59-40-37(57)35(55)38(28(15-48)62-40)63-42-39(34(54)32(52)27(14-47)61-42)64-41-36(56)33(53)31(51)26(13-46)60-41/h17-28,30-42,46-49,51-57H,5-16H2,1-4H3. The third-order valence-corrected chi connectivity index (χ3v) is 18.2. The number of ether oxygens (including phenoxy) is 8. The van der Waals surface area contributed by atoms with Gasteiger partial charge < -0.3 is 94.1 Å². The molecular formula is C45H72O20. The van der Waals surface area contributed by atoms with Gasteiger partial charge in [-0.3, -0.25) is 4.79 Å². The maximum Gasteiger partial charge on any atom is 0.187 e. The summed E-state index contributed by atoms with van der Waals surface area (Å²) in [6, 6.07) is 0. The number of Topliss-reactive ketones (excluding diaryl/α,β-unsaturated/α-hetero) is 1. The van der Waals surface area contributed by atoms with E-state index in [1.807, 2.05) is 0 Å². The predicted molar refractivity (Wildman–Crippen MR) is 217 cm³/mol. The van der Waals surface area contributed by atoms with Gasteiger partial charge in [0, 0.05) is 30.1 Å². The summed E-state index contributed by atoms with van der Waals surface area (Å²) in [6.07, 6.45) is -22.1. The van der Waals surface area contributed by atoms with E-state index >= 15 is 0 Å². The molecule has 5 aliphatic heterocycles. The molecule has 9 aliphatic rings. The molecule has 0 aromatic heterocycles. The number of rotatable bonds is 9. The minimum Gasteiger partial charge on any atom is -0.394 e. The maximum atomic E-state index is 14.6. The van der Waals surface area contributed by atoms with Crippen LogP contribution >= 0.6 is 0 Å². The number of fused-ring (bicyclic) bond motifs is 7. The molecule has 0 aromatic rings. The van der Waals surface area contributed by atoms with Crippen molar-refractivity contribution in [2.75, 3.05) is 26.4 Å². The van der Waals surface area contributed by atoms with Crippen molar-refractivity contribution in [1.29, 1.82) is 0 Å². The van der Waals surface area contributed by atoms with Gasteiger partial charge in [-0.2, -0.15) is 0 Å². The lowest BCUT2D eigenvalue weighted by Crippen LogP contribution is -2.67. The van der Waals surface area contributed by atoms with E-state index in [1.165, 1.54) is 0 Å². The highest BCUT2D eigenvalue weighted by Gasteiger charge is 2.72. The molecule has 5 heterocycles. The van der Waals surface area contributed by atoms with Gasteiger partial charge in [-0.05, 0) is 73.5 Å². The minimum atomic E-state index is -1.92. The van der Waals surface area contributed by atoms with Crippen LogP contribution in [0.15, 0.2) is 0 Å².